The lowest BCUT2D eigenvalue weighted by Gasteiger charge is -2.29. The van der Waals surface area contributed by atoms with E-state index in [1.54, 1.807) is 38.2 Å². The van der Waals surface area contributed by atoms with Gasteiger partial charge < -0.3 is 0 Å². The van der Waals surface area contributed by atoms with Gasteiger partial charge in [-0.25, -0.2) is 0 Å². The zero-order chi connectivity index (χ0) is 16.2. The third-order valence-electron chi connectivity index (χ3n) is 6.05. The van der Waals surface area contributed by atoms with Gasteiger partial charge in [-0.1, -0.05) is 58.0 Å². The molecular formula is C21H25BrSi. The van der Waals surface area contributed by atoms with Crippen molar-refractivity contribution in [3.05, 3.63) is 61.8 Å². The highest BCUT2D eigenvalue weighted by molar-refractivity contribution is 9.10. The maximum atomic E-state index is 3.90. The van der Waals surface area contributed by atoms with Crippen molar-refractivity contribution < 1.29 is 0 Å². The molecule has 3 aliphatic carbocycles. The number of hydrogen-bond acceptors (Lipinski definition) is 0. The highest BCUT2D eigenvalue weighted by atomic mass is 79.9. The molecule has 1 aromatic rings. The third kappa shape index (κ3) is 2.37. The van der Waals surface area contributed by atoms with Crippen LogP contribution in [0.25, 0.3) is 5.20 Å². The Morgan fingerprint density at radius 3 is 2.48 bits per heavy atom. The van der Waals surface area contributed by atoms with E-state index < -0.39 is 8.07 Å². The Morgan fingerprint density at radius 2 is 1.78 bits per heavy atom. The molecule has 120 valence electrons. The average Bonchev–Trinajstić information content (AvgIpc) is 3.15. The average molecular weight is 385 g/mol. The van der Waals surface area contributed by atoms with Crippen LogP contribution in [0.1, 0.15) is 48.4 Å². The Labute approximate surface area is 149 Å². The van der Waals surface area contributed by atoms with Crippen molar-refractivity contribution in [2.75, 3.05) is 0 Å². The van der Waals surface area contributed by atoms with E-state index in [9.17, 15) is 0 Å². The zero-order valence-electron chi connectivity index (χ0n) is 14.4. The third-order valence-corrected chi connectivity index (χ3v) is 10.7. The SMILES string of the molecule is CC1=C([Si](C)(C)C2=CC=CC2)c2cc(Br)c3c(c2C1)CCCC3. The largest absolute Gasteiger partial charge is 0.108 e. The van der Waals surface area contributed by atoms with Crippen molar-refractivity contribution in [2.45, 2.75) is 58.5 Å². The predicted octanol–water partition coefficient (Wildman–Crippen LogP) is 6.33. The van der Waals surface area contributed by atoms with Gasteiger partial charge in [0.1, 0.15) is 8.07 Å². The molecule has 0 unspecified atom stereocenters. The molecule has 0 aromatic heterocycles. The summed E-state index contributed by atoms with van der Waals surface area (Å²) in [6.45, 7) is 7.48. The van der Waals surface area contributed by atoms with Gasteiger partial charge in [0.15, 0.2) is 0 Å². The molecule has 0 saturated carbocycles. The molecule has 4 rings (SSSR count). The number of benzene rings is 1. The summed E-state index contributed by atoms with van der Waals surface area (Å²) in [6, 6.07) is 2.46. The second-order valence-corrected chi connectivity index (χ2v) is 13.1. The van der Waals surface area contributed by atoms with E-state index in [0.29, 0.717) is 0 Å². The molecule has 0 atom stereocenters. The van der Waals surface area contributed by atoms with E-state index in [1.165, 1.54) is 36.6 Å². The van der Waals surface area contributed by atoms with Gasteiger partial charge in [0.05, 0.1) is 0 Å². The monoisotopic (exact) mass is 384 g/mol. The van der Waals surface area contributed by atoms with Crippen LogP contribution in [0, 0.1) is 0 Å². The number of fused-ring (bicyclic) bond motifs is 3. The van der Waals surface area contributed by atoms with Gasteiger partial charge in [-0.15, -0.1) is 0 Å². The quantitative estimate of drug-likeness (QED) is 0.522. The summed E-state index contributed by atoms with van der Waals surface area (Å²) in [7, 11) is -1.56. The molecule has 0 spiro atoms. The lowest BCUT2D eigenvalue weighted by Crippen LogP contribution is -2.31. The van der Waals surface area contributed by atoms with Crippen molar-refractivity contribution in [1.29, 1.82) is 0 Å². The zero-order valence-corrected chi connectivity index (χ0v) is 17.0. The maximum absolute atomic E-state index is 3.90. The van der Waals surface area contributed by atoms with Gasteiger partial charge in [-0.05, 0) is 79.0 Å². The first-order valence-electron chi connectivity index (χ1n) is 8.90. The van der Waals surface area contributed by atoms with Crippen LogP contribution in [-0.2, 0) is 19.3 Å². The van der Waals surface area contributed by atoms with Crippen LogP contribution < -0.4 is 0 Å². The van der Waals surface area contributed by atoms with E-state index in [-0.39, 0.29) is 0 Å². The summed E-state index contributed by atoms with van der Waals surface area (Å²) in [5.74, 6) is 0. The van der Waals surface area contributed by atoms with Crippen molar-refractivity contribution in [1.82, 2.24) is 0 Å². The molecule has 0 N–H and O–H groups in total. The van der Waals surface area contributed by atoms with Crippen molar-refractivity contribution in [2.24, 2.45) is 0 Å². The predicted molar refractivity (Wildman–Crippen MR) is 106 cm³/mol. The smallest absolute Gasteiger partial charge is 0.0809 e. The summed E-state index contributed by atoms with van der Waals surface area (Å²) >= 11 is 3.90. The Morgan fingerprint density at radius 1 is 1.04 bits per heavy atom. The highest BCUT2D eigenvalue weighted by Crippen LogP contribution is 2.47. The maximum Gasteiger partial charge on any atom is 0.108 e. The van der Waals surface area contributed by atoms with E-state index in [2.05, 4.69) is 60.2 Å². The van der Waals surface area contributed by atoms with E-state index in [0.717, 1.165) is 6.42 Å². The van der Waals surface area contributed by atoms with E-state index >= 15 is 0 Å². The van der Waals surface area contributed by atoms with Gasteiger partial charge in [0.2, 0.25) is 0 Å². The van der Waals surface area contributed by atoms with Crippen LogP contribution in [-0.4, -0.2) is 8.07 Å². The Balaban J connectivity index is 1.86. The van der Waals surface area contributed by atoms with Gasteiger partial charge in [-0.3, -0.25) is 0 Å². The van der Waals surface area contributed by atoms with Gasteiger partial charge >= 0.3 is 0 Å². The first kappa shape index (κ1) is 15.7. The number of rotatable bonds is 2. The van der Waals surface area contributed by atoms with Crippen LogP contribution in [0.15, 0.2) is 39.5 Å². The van der Waals surface area contributed by atoms with Crippen LogP contribution in [0.4, 0.5) is 0 Å². The fourth-order valence-electron chi connectivity index (χ4n) is 4.92. The molecular weight excluding hydrogens is 360 g/mol. The van der Waals surface area contributed by atoms with Crippen molar-refractivity contribution >= 4 is 29.2 Å². The summed E-state index contributed by atoms with van der Waals surface area (Å²) in [5.41, 5.74) is 8.17. The van der Waals surface area contributed by atoms with Crippen LogP contribution in [0.2, 0.25) is 13.1 Å². The number of allylic oxidation sites excluding steroid dienone is 5. The van der Waals surface area contributed by atoms with E-state index in [1.807, 2.05) is 0 Å². The standard InChI is InChI=1S/C21H25BrSi/c1-14-12-18-16-10-6-7-11-17(16)20(22)13-19(18)21(14)23(2,3)15-8-4-5-9-15/h4-5,8,13H,6-7,9-12H2,1-3H3. The Kier molecular flexibility index (Phi) is 3.81. The first-order valence-corrected chi connectivity index (χ1v) is 12.7. The minimum atomic E-state index is -1.56. The second kappa shape index (κ2) is 5.60. The lowest BCUT2D eigenvalue weighted by molar-refractivity contribution is 0.677. The molecule has 0 radical (unpaired) electrons. The fourth-order valence-corrected chi connectivity index (χ4v) is 9.10. The molecule has 0 heterocycles. The molecule has 0 aliphatic heterocycles. The van der Waals surface area contributed by atoms with Crippen LogP contribution >= 0.6 is 15.9 Å². The minimum absolute atomic E-state index is 1.16. The van der Waals surface area contributed by atoms with Gasteiger partial charge in [0.25, 0.3) is 0 Å². The second-order valence-electron chi connectivity index (χ2n) is 7.83. The molecule has 0 fully saturated rings. The molecule has 3 aliphatic rings. The first-order chi connectivity index (χ1) is 11.0. The molecule has 1 aromatic carbocycles. The normalized spacial score (nSPS) is 19.9. The van der Waals surface area contributed by atoms with Gasteiger partial charge in [0, 0.05) is 4.47 Å². The molecule has 0 bridgehead atoms. The van der Waals surface area contributed by atoms with E-state index in [4.69, 9.17) is 0 Å². The summed E-state index contributed by atoms with van der Waals surface area (Å²) in [6.07, 6.45) is 14.6. The van der Waals surface area contributed by atoms with Crippen molar-refractivity contribution in [3.63, 3.8) is 0 Å². The van der Waals surface area contributed by atoms with Crippen LogP contribution in [0.5, 0.6) is 0 Å². The Hall–Kier alpha value is -0.863. The molecule has 0 amide bonds. The molecule has 0 nitrogen and oxygen atoms in total. The Bertz CT molecular complexity index is 778. The minimum Gasteiger partial charge on any atom is -0.0809 e. The fraction of sp³-hybridized carbons (Fsp3) is 0.429. The van der Waals surface area contributed by atoms with Crippen molar-refractivity contribution in [3.8, 4) is 0 Å². The lowest BCUT2D eigenvalue weighted by atomic mass is 9.86. The summed E-state index contributed by atoms with van der Waals surface area (Å²) < 4.78 is 1.36. The number of hydrogen-bond donors (Lipinski definition) is 0. The molecule has 0 saturated heterocycles. The summed E-state index contributed by atoms with van der Waals surface area (Å²) in [4.78, 5) is 0. The molecule has 23 heavy (non-hydrogen) atoms. The number of halogens is 1. The van der Waals surface area contributed by atoms with Crippen LogP contribution in [0.3, 0.4) is 0 Å². The molecule has 2 heteroatoms. The van der Waals surface area contributed by atoms with Gasteiger partial charge in [-0.2, -0.15) is 0 Å². The summed E-state index contributed by atoms with van der Waals surface area (Å²) in [5, 5.41) is 3.41. The highest BCUT2D eigenvalue weighted by Gasteiger charge is 2.38. The topological polar surface area (TPSA) is 0 Å².